The summed E-state index contributed by atoms with van der Waals surface area (Å²) in [6, 6.07) is 0. The van der Waals surface area contributed by atoms with Gasteiger partial charge in [-0.2, -0.15) is 0 Å². The first-order valence-electron chi connectivity index (χ1n) is 4.56. The van der Waals surface area contributed by atoms with Crippen LogP contribution in [-0.4, -0.2) is 67.3 Å². The largest absolute Gasteiger partial charge is 3.00 e. The molecule has 0 aliphatic heterocycles. The molecule has 0 spiro atoms. The zero-order chi connectivity index (χ0) is 13.8. The van der Waals surface area contributed by atoms with Crippen molar-refractivity contribution < 1.29 is 77.7 Å². The second-order valence-corrected chi connectivity index (χ2v) is 1.98. The Balaban J connectivity index is -0.00000001000. The Hall–Kier alpha value is 0.106. The number of halogens is 1. The van der Waals surface area contributed by atoms with Crippen LogP contribution in [0.4, 0.5) is 4.79 Å². The van der Waals surface area contributed by atoms with Crippen LogP contribution in [0, 0.1) is 0 Å². The summed E-state index contributed by atoms with van der Waals surface area (Å²) in [7, 11) is 0. The Morgan fingerprint density at radius 2 is 0.636 bits per heavy atom. The van der Waals surface area contributed by atoms with E-state index in [1.54, 1.807) is 0 Å². The topological polar surface area (TPSA) is 345 Å². The summed E-state index contributed by atoms with van der Waals surface area (Å²) in [5.74, 6) is 0. The molecule has 0 amide bonds. The zero-order valence-corrected chi connectivity index (χ0v) is 15.3. The molecule has 0 radical (unpaired) electrons. The second kappa shape index (κ2) is 103. The molecule has 0 aromatic rings. The Labute approximate surface area is 157 Å². The zero-order valence-electron chi connectivity index (χ0n) is 12.1. The summed E-state index contributed by atoms with van der Waals surface area (Å²) < 4.78 is 0. The maximum Gasteiger partial charge on any atom is 3.00 e. The minimum atomic E-state index is -2.33. The van der Waals surface area contributed by atoms with Crippen LogP contribution in [0.15, 0.2) is 0 Å². The van der Waals surface area contributed by atoms with Gasteiger partial charge in [0.1, 0.15) is 0 Å². The monoisotopic (exact) mass is 498 g/mol. The van der Waals surface area contributed by atoms with Crippen molar-refractivity contribution in [2.75, 3.05) is 39.3 Å². The third-order valence-corrected chi connectivity index (χ3v) is 0.500. The predicted octanol–water partition coefficient (Wildman–Crippen LogP) is -12.0. The molecule has 0 aromatic heterocycles. The van der Waals surface area contributed by atoms with Gasteiger partial charge < -0.3 is 95.3 Å². The van der Waals surface area contributed by atoms with E-state index in [0.29, 0.717) is 39.3 Å². The van der Waals surface area contributed by atoms with Crippen molar-refractivity contribution in [2.45, 2.75) is 0 Å². The third-order valence-electron chi connectivity index (χ3n) is 0.500. The van der Waals surface area contributed by atoms with E-state index in [4.69, 9.17) is 49.4 Å². The number of hydrogen-bond donors (Lipinski definition) is 6. The van der Waals surface area contributed by atoms with Crippen LogP contribution in [0.2, 0.25) is 0 Å². The van der Waals surface area contributed by atoms with Crippen molar-refractivity contribution in [2.24, 2.45) is 34.4 Å². The average Bonchev–Trinajstić information content (AvgIpc) is 2.28. The van der Waals surface area contributed by atoms with E-state index < -0.39 is 6.16 Å². The molecule has 0 heterocycles. The molecule has 0 saturated carbocycles. The van der Waals surface area contributed by atoms with Crippen molar-refractivity contribution in [3.05, 3.63) is 0 Å². The molecule has 0 aliphatic carbocycles. The first-order valence-corrected chi connectivity index (χ1v) is 4.56. The normalized spacial score (nSPS) is 5.18. The first kappa shape index (κ1) is 67.2. The van der Waals surface area contributed by atoms with Gasteiger partial charge in [0.15, 0.2) is 0 Å². The molecule has 0 atom stereocenters. The Morgan fingerprint density at radius 3 is 0.636 bits per heavy atom. The fraction of sp³-hybridized carbons (Fsp3) is 0.857. The van der Waals surface area contributed by atoms with Gasteiger partial charge in [-0.15, -0.1) is 0 Å². The van der Waals surface area contributed by atoms with Crippen LogP contribution in [-0.2, 0) is 16.8 Å². The summed E-state index contributed by atoms with van der Waals surface area (Å²) in [5.41, 5.74) is 29.4. The fourth-order valence-corrected chi connectivity index (χ4v) is 0. The number of carbonyl (C=O) groups excluding carboxylic acids is 1. The minimum Gasteiger partial charge on any atom is -1.00 e. The molecule has 0 aliphatic rings. The van der Waals surface area contributed by atoms with Gasteiger partial charge in [-0.05, 0) is 6.16 Å². The number of carbonyl (C=O) groups is 1. The van der Waals surface area contributed by atoms with Crippen LogP contribution in [0.1, 0.15) is 0 Å². The maximum absolute atomic E-state index is 8.33. The standard InChI is InChI=1S/3C2H8N2.CH2O3.Co.HI.4H2O/c3*3-1-2-4;2-1(3)4;;;;;;/h3*1-4H2;(H2,2,3,4);;1H;4*1H2/q;;;;+3;;;;;/p-3. The molecular formula is C7H32CoIN6O7. The quantitative estimate of drug-likeness (QED) is 0.201. The van der Waals surface area contributed by atoms with E-state index in [9.17, 15) is 0 Å². The van der Waals surface area contributed by atoms with Gasteiger partial charge in [0, 0.05) is 39.3 Å². The summed E-state index contributed by atoms with van der Waals surface area (Å²) in [5, 5.41) is 16.7. The van der Waals surface area contributed by atoms with E-state index in [1.807, 2.05) is 0 Å². The molecule has 0 rings (SSSR count). The molecule has 148 valence electrons. The van der Waals surface area contributed by atoms with Gasteiger partial charge in [0.05, 0.1) is 0 Å². The molecule has 0 fully saturated rings. The van der Waals surface area contributed by atoms with Crippen molar-refractivity contribution >= 4 is 6.16 Å². The van der Waals surface area contributed by atoms with Crippen LogP contribution in [0.25, 0.3) is 0 Å². The molecule has 13 nitrogen and oxygen atoms in total. The second-order valence-electron chi connectivity index (χ2n) is 1.98. The van der Waals surface area contributed by atoms with Crippen LogP contribution >= 0.6 is 0 Å². The predicted molar refractivity (Wildman–Crippen MR) is 74.2 cm³/mol. The first-order chi connectivity index (χ1) is 7.47. The average molecular weight is 498 g/mol. The van der Waals surface area contributed by atoms with Gasteiger partial charge >= 0.3 is 16.8 Å². The van der Waals surface area contributed by atoms with Gasteiger partial charge in [-0.3, -0.25) is 0 Å². The van der Waals surface area contributed by atoms with Gasteiger partial charge in [-0.1, -0.05) is 0 Å². The van der Waals surface area contributed by atoms with Gasteiger partial charge in [0.2, 0.25) is 0 Å². The van der Waals surface area contributed by atoms with Crippen LogP contribution < -0.4 is 68.6 Å². The summed E-state index contributed by atoms with van der Waals surface area (Å²) in [4.78, 5) is 8.33. The van der Waals surface area contributed by atoms with Crippen molar-refractivity contribution in [3.63, 3.8) is 0 Å². The summed E-state index contributed by atoms with van der Waals surface area (Å²) in [6.45, 7) is 3.58. The van der Waals surface area contributed by atoms with Crippen molar-refractivity contribution in [3.8, 4) is 0 Å². The van der Waals surface area contributed by atoms with Crippen LogP contribution in [0.5, 0.6) is 0 Å². The SMILES string of the molecule is NCCN.NCCN.NCCN.O.O.O.O.O=C([O-])[O-].[Co+3].[I-]. The molecule has 0 unspecified atom stereocenters. The van der Waals surface area contributed by atoms with Crippen molar-refractivity contribution in [1.82, 2.24) is 0 Å². The van der Waals surface area contributed by atoms with E-state index in [1.165, 1.54) is 0 Å². The third kappa shape index (κ3) is 761. The van der Waals surface area contributed by atoms with Crippen LogP contribution in [0.3, 0.4) is 0 Å². The van der Waals surface area contributed by atoms with E-state index >= 15 is 0 Å². The maximum atomic E-state index is 8.33. The molecule has 22 heavy (non-hydrogen) atoms. The summed E-state index contributed by atoms with van der Waals surface area (Å²) >= 11 is 0. The molecule has 0 saturated heterocycles. The molecular weight excluding hydrogens is 466 g/mol. The molecule has 15 heteroatoms. The molecule has 0 aromatic carbocycles. The van der Waals surface area contributed by atoms with E-state index in [-0.39, 0.29) is 62.7 Å². The summed E-state index contributed by atoms with van der Waals surface area (Å²) in [6.07, 6.45) is -2.33. The van der Waals surface area contributed by atoms with E-state index in [0.717, 1.165) is 0 Å². The Morgan fingerprint density at radius 1 is 0.591 bits per heavy atom. The van der Waals surface area contributed by atoms with Gasteiger partial charge in [0.25, 0.3) is 0 Å². The van der Waals surface area contributed by atoms with Gasteiger partial charge in [-0.25, -0.2) is 0 Å². The minimum absolute atomic E-state index is 0. The number of rotatable bonds is 3. The number of nitrogens with two attached hydrogens (primary N) is 6. The molecule has 0 bridgehead atoms. The van der Waals surface area contributed by atoms with Crippen molar-refractivity contribution in [1.29, 1.82) is 0 Å². The number of carboxylic acid groups (broad SMARTS) is 2. The molecule has 20 N–H and O–H groups in total. The fourth-order valence-electron chi connectivity index (χ4n) is 0. The number of hydrogen-bond acceptors (Lipinski definition) is 9. The Kier molecular flexibility index (Phi) is 314. The smallest absolute Gasteiger partial charge is 1.00 e. The Bertz CT molecular complexity index is 106. The van der Waals surface area contributed by atoms with E-state index in [2.05, 4.69) is 0 Å².